The molecule has 1 N–H and O–H groups in total. The Bertz CT molecular complexity index is 542. The minimum Gasteiger partial charge on any atom is -0.456 e. The van der Waals surface area contributed by atoms with Crippen LogP contribution in [-0.4, -0.2) is 13.1 Å². The standard InChI is InChI=1S/C12H10ClNO/c13-10-1-2-11-9(5-10)6-12(15-11)8-3-4-14-7-8/h1-3,5-6,14H,4,7H2. The topological polar surface area (TPSA) is 25.2 Å². The van der Waals surface area contributed by atoms with Crippen molar-refractivity contribution in [3.8, 4) is 0 Å². The molecule has 1 aliphatic rings. The Morgan fingerprint density at radius 2 is 2.20 bits per heavy atom. The lowest BCUT2D eigenvalue weighted by Crippen LogP contribution is -2.07. The van der Waals surface area contributed by atoms with Crippen molar-refractivity contribution >= 4 is 28.1 Å². The molecule has 0 spiro atoms. The van der Waals surface area contributed by atoms with E-state index >= 15 is 0 Å². The summed E-state index contributed by atoms with van der Waals surface area (Å²) in [7, 11) is 0. The molecule has 1 aliphatic heterocycles. The molecule has 0 saturated heterocycles. The van der Waals surface area contributed by atoms with Gasteiger partial charge in [0.05, 0.1) is 0 Å². The van der Waals surface area contributed by atoms with Gasteiger partial charge >= 0.3 is 0 Å². The van der Waals surface area contributed by atoms with Crippen LogP contribution < -0.4 is 5.32 Å². The van der Waals surface area contributed by atoms with E-state index in [1.807, 2.05) is 24.3 Å². The molecule has 0 fully saturated rings. The number of rotatable bonds is 1. The first kappa shape index (κ1) is 9.01. The van der Waals surface area contributed by atoms with Crippen LogP contribution in [0.4, 0.5) is 0 Å². The molecule has 2 nitrogen and oxygen atoms in total. The van der Waals surface area contributed by atoms with E-state index in [2.05, 4.69) is 11.4 Å². The molecule has 0 bridgehead atoms. The van der Waals surface area contributed by atoms with Crippen molar-refractivity contribution in [3.05, 3.63) is 41.1 Å². The van der Waals surface area contributed by atoms with Gasteiger partial charge in [-0.3, -0.25) is 0 Å². The van der Waals surface area contributed by atoms with Gasteiger partial charge in [0.2, 0.25) is 0 Å². The third-order valence-corrected chi connectivity index (χ3v) is 2.84. The van der Waals surface area contributed by atoms with E-state index in [-0.39, 0.29) is 0 Å². The monoisotopic (exact) mass is 219 g/mol. The maximum Gasteiger partial charge on any atom is 0.134 e. The second kappa shape index (κ2) is 3.40. The average Bonchev–Trinajstić information content (AvgIpc) is 2.84. The van der Waals surface area contributed by atoms with Crippen molar-refractivity contribution in [2.75, 3.05) is 13.1 Å². The van der Waals surface area contributed by atoms with E-state index < -0.39 is 0 Å². The summed E-state index contributed by atoms with van der Waals surface area (Å²) in [6, 6.07) is 7.72. The van der Waals surface area contributed by atoms with Gasteiger partial charge in [0.15, 0.2) is 0 Å². The number of halogens is 1. The van der Waals surface area contributed by atoms with Crippen molar-refractivity contribution in [3.63, 3.8) is 0 Å². The van der Waals surface area contributed by atoms with Crippen LogP contribution in [0.5, 0.6) is 0 Å². The van der Waals surface area contributed by atoms with Gasteiger partial charge in [-0.2, -0.15) is 0 Å². The lowest BCUT2D eigenvalue weighted by Gasteiger charge is -1.93. The third-order valence-electron chi connectivity index (χ3n) is 2.60. The van der Waals surface area contributed by atoms with Crippen LogP contribution in [0.25, 0.3) is 16.5 Å². The van der Waals surface area contributed by atoms with Gasteiger partial charge in [-0.15, -0.1) is 0 Å². The molecule has 2 aromatic rings. The smallest absolute Gasteiger partial charge is 0.134 e. The summed E-state index contributed by atoms with van der Waals surface area (Å²) in [4.78, 5) is 0. The Balaban J connectivity index is 2.13. The Hall–Kier alpha value is -1.25. The highest BCUT2D eigenvalue weighted by Gasteiger charge is 2.11. The van der Waals surface area contributed by atoms with E-state index in [9.17, 15) is 0 Å². The van der Waals surface area contributed by atoms with Crippen molar-refractivity contribution in [1.82, 2.24) is 5.32 Å². The average molecular weight is 220 g/mol. The van der Waals surface area contributed by atoms with Gasteiger partial charge in [0.1, 0.15) is 11.3 Å². The van der Waals surface area contributed by atoms with E-state index in [1.54, 1.807) is 0 Å². The van der Waals surface area contributed by atoms with Gasteiger partial charge in [0.25, 0.3) is 0 Å². The van der Waals surface area contributed by atoms with Crippen LogP contribution in [-0.2, 0) is 0 Å². The van der Waals surface area contributed by atoms with Gasteiger partial charge in [-0.05, 0) is 24.3 Å². The fraction of sp³-hybridized carbons (Fsp3) is 0.167. The second-order valence-electron chi connectivity index (χ2n) is 3.65. The summed E-state index contributed by atoms with van der Waals surface area (Å²) in [5.41, 5.74) is 2.12. The molecule has 0 radical (unpaired) electrons. The Morgan fingerprint density at radius 1 is 1.27 bits per heavy atom. The largest absolute Gasteiger partial charge is 0.456 e. The number of hydrogen-bond acceptors (Lipinski definition) is 2. The summed E-state index contributed by atoms with van der Waals surface area (Å²) < 4.78 is 5.74. The van der Waals surface area contributed by atoms with E-state index in [4.69, 9.17) is 16.0 Å². The van der Waals surface area contributed by atoms with Gasteiger partial charge < -0.3 is 9.73 Å². The molecule has 0 amide bonds. The molecular weight excluding hydrogens is 210 g/mol. The molecule has 76 valence electrons. The molecule has 0 atom stereocenters. The number of hydrogen-bond donors (Lipinski definition) is 1. The highest BCUT2D eigenvalue weighted by Crippen LogP contribution is 2.27. The summed E-state index contributed by atoms with van der Waals surface area (Å²) in [5.74, 6) is 0.942. The maximum atomic E-state index is 5.92. The molecular formula is C12H10ClNO. The predicted molar refractivity (Wildman–Crippen MR) is 62.1 cm³/mol. The predicted octanol–water partition coefficient (Wildman–Crippen LogP) is 3.07. The molecule has 1 aromatic heterocycles. The molecule has 2 heterocycles. The molecule has 0 saturated carbocycles. The third kappa shape index (κ3) is 1.56. The van der Waals surface area contributed by atoms with Gasteiger partial charge in [-0.25, -0.2) is 0 Å². The van der Waals surface area contributed by atoms with Crippen molar-refractivity contribution < 1.29 is 4.42 Å². The molecule has 0 aliphatic carbocycles. The zero-order valence-electron chi connectivity index (χ0n) is 8.09. The minimum absolute atomic E-state index is 0.744. The Labute approximate surface area is 92.5 Å². The van der Waals surface area contributed by atoms with Crippen LogP contribution in [0, 0.1) is 0 Å². The molecule has 3 rings (SSSR count). The molecule has 1 aromatic carbocycles. The highest BCUT2D eigenvalue weighted by molar-refractivity contribution is 6.31. The zero-order chi connectivity index (χ0) is 10.3. The number of nitrogens with one attached hydrogen (secondary N) is 1. The highest BCUT2D eigenvalue weighted by atomic mass is 35.5. The summed E-state index contributed by atoms with van der Waals surface area (Å²) in [6.07, 6.45) is 2.15. The number of furan rings is 1. The molecule has 0 unspecified atom stereocenters. The van der Waals surface area contributed by atoms with Gasteiger partial charge in [0, 0.05) is 29.1 Å². The first-order chi connectivity index (χ1) is 7.33. The van der Waals surface area contributed by atoms with Crippen LogP contribution in [0.3, 0.4) is 0 Å². The van der Waals surface area contributed by atoms with E-state index in [1.165, 1.54) is 5.57 Å². The normalized spacial score (nSPS) is 15.9. The fourth-order valence-electron chi connectivity index (χ4n) is 1.83. The van der Waals surface area contributed by atoms with Gasteiger partial charge in [-0.1, -0.05) is 17.7 Å². The Morgan fingerprint density at radius 3 is 3.00 bits per heavy atom. The van der Waals surface area contributed by atoms with Crippen molar-refractivity contribution in [2.24, 2.45) is 0 Å². The first-order valence-electron chi connectivity index (χ1n) is 4.92. The summed E-state index contributed by atoms with van der Waals surface area (Å²) >= 11 is 5.92. The van der Waals surface area contributed by atoms with Crippen LogP contribution in [0.2, 0.25) is 5.02 Å². The second-order valence-corrected chi connectivity index (χ2v) is 4.09. The quantitative estimate of drug-likeness (QED) is 0.798. The minimum atomic E-state index is 0.744. The fourth-order valence-corrected chi connectivity index (χ4v) is 2.02. The maximum absolute atomic E-state index is 5.92. The van der Waals surface area contributed by atoms with Crippen LogP contribution in [0.15, 0.2) is 34.8 Å². The molecule has 3 heteroatoms. The molecule has 15 heavy (non-hydrogen) atoms. The van der Waals surface area contributed by atoms with Crippen molar-refractivity contribution in [2.45, 2.75) is 0 Å². The summed E-state index contributed by atoms with van der Waals surface area (Å²) in [5, 5.41) is 5.05. The number of fused-ring (bicyclic) bond motifs is 1. The van der Waals surface area contributed by atoms with E-state index in [0.29, 0.717) is 0 Å². The van der Waals surface area contributed by atoms with Crippen LogP contribution >= 0.6 is 11.6 Å². The Kier molecular flexibility index (Phi) is 2.04. The summed E-state index contributed by atoms with van der Waals surface area (Å²) in [6.45, 7) is 1.81. The van der Waals surface area contributed by atoms with Crippen LogP contribution in [0.1, 0.15) is 5.76 Å². The van der Waals surface area contributed by atoms with E-state index in [0.717, 1.165) is 34.8 Å². The number of benzene rings is 1. The lowest BCUT2D eigenvalue weighted by molar-refractivity contribution is 0.598. The zero-order valence-corrected chi connectivity index (χ0v) is 8.84. The lowest BCUT2D eigenvalue weighted by atomic mass is 10.2. The van der Waals surface area contributed by atoms with Crippen molar-refractivity contribution in [1.29, 1.82) is 0 Å². The SMILES string of the molecule is Clc1ccc2oc(C3=CCNC3)cc2c1. The first-order valence-corrected chi connectivity index (χ1v) is 5.30.